The average molecular weight is 409 g/mol. The molecule has 0 bridgehead atoms. The Morgan fingerprint density at radius 1 is 1.13 bits per heavy atom. The van der Waals surface area contributed by atoms with Crippen LogP contribution in [0.15, 0.2) is 47.6 Å². The number of hydrazone groups is 1. The van der Waals surface area contributed by atoms with Gasteiger partial charge in [-0.15, -0.1) is 0 Å². The fourth-order valence-electron chi connectivity index (χ4n) is 3.50. The number of hydrogen-bond donors (Lipinski definition) is 1. The largest absolute Gasteiger partial charge is 0.493 e. The molecule has 3 rings (SSSR count). The molecule has 1 aliphatic heterocycles. The highest BCUT2D eigenvalue weighted by Gasteiger charge is 2.29. The van der Waals surface area contributed by atoms with Gasteiger partial charge in [0.05, 0.1) is 26.5 Å². The summed E-state index contributed by atoms with van der Waals surface area (Å²) < 4.78 is 10.8. The number of anilines is 1. The molecule has 2 amide bonds. The lowest BCUT2D eigenvalue weighted by Gasteiger charge is -2.29. The molecule has 0 radical (unpaired) electrons. The van der Waals surface area contributed by atoms with Gasteiger partial charge in [-0.25, -0.2) is 5.01 Å². The van der Waals surface area contributed by atoms with E-state index in [1.165, 1.54) is 11.9 Å². The highest BCUT2D eigenvalue weighted by Crippen LogP contribution is 2.31. The lowest BCUT2D eigenvalue weighted by molar-refractivity contribution is -0.133. The van der Waals surface area contributed by atoms with Crippen molar-refractivity contribution < 1.29 is 19.1 Å². The number of nitrogens with zero attached hydrogens (tertiary/aromatic N) is 2. The third-order valence-corrected chi connectivity index (χ3v) is 5.10. The monoisotopic (exact) mass is 409 g/mol. The van der Waals surface area contributed by atoms with Crippen molar-refractivity contribution in [3.63, 3.8) is 0 Å². The molecular weight excluding hydrogens is 382 g/mol. The summed E-state index contributed by atoms with van der Waals surface area (Å²) in [5.41, 5.74) is 3.44. The number of rotatable bonds is 7. The van der Waals surface area contributed by atoms with Crippen LogP contribution in [0.4, 0.5) is 5.69 Å². The number of carbonyl (C=O) groups excluding carboxylic acids is 2. The highest BCUT2D eigenvalue weighted by atomic mass is 16.5. The second kappa shape index (κ2) is 9.43. The Kier molecular flexibility index (Phi) is 6.72. The molecule has 0 fully saturated rings. The van der Waals surface area contributed by atoms with Gasteiger partial charge in [0.15, 0.2) is 11.5 Å². The van der Waals surface area contributed by atoms with Crippen LogP contribution in [-0.4, -0.2) is 36.8 Å². The molecule has 1 N–H and O–H groups in total. The van der Waals surface area contributed by atoms with E-state index in [-0.39, 0.29) is 17.7 Å². The minimum atomic E-state index is -0.122. The van der Waals surface area contributed by atoms with Gasteiger partial charge in [0.25, 0.3) is 0 Å². The van der Waals surface area contributed by atoms with E-state index < -0.39 is 0 Å². The summed E-state index contributed by atoms with van der Waals surface area (Å²) in [7, 11) is 3.20. The van der Waals surface area contributed by atoms with E-state index in [1.54, 1.807) is 14.2 Å². The maximum absolute atomic E-state index is 12.7. The van der Waals surface area contributed by atoms with Crippen molar-refractivity contribution in [3.05, 3.63) is 53.6 Å². The number of benzene rings is 2. The van der Waals surface area contributed by atoms with Gasteiger partial charge in [0, 0.05) is 30.5 Å². The minimum Gasteiger partial charge on any atom is -0.493 e. The lowest BCUT2D eigenvalue weighted by Crippen LogP contribution is -2.36. The number of hydrogen-bond acceptors (Lipinski definition) is 5. The maximum Gasteiger partial charge on any atom is 0.243 e. The third-order valence-electron chi connectivity index (χ3n) is 5.10. The third kappa shape index (κ3) is 4.79. The van der Waals surface area contributed by atoms with Gasteiger partial charge in [-0.05, 0) is 42.3 Å². The average Bonchev–Trinajstić information content (AvgIpc) is 2.75. The predicted octanol–water partition coefficient (Wildman–Crippen LogP) is 3.83. The van der Waals surface area contributed by atoms with Gasteiger partial charge in [0.1, 0.15) is 0 Å². The zero-order chi connectivity index (χ0) is 21.7. The van der Waals surface area contributed by atoms with Crippen molar-refractivity contribution in [2.75, 3.05) is 19.5 Å². The Morgan fingerprint density at radius 2 is 1.83 bits per heavy atom. The summed E-state index contributed by atoms with van der Waals surface area (Å²) >= 11 is 0. The Balaban J connectivity index is 1.88. The van der Waals surface area contributed by atoms with Gasteiger partial charge >= 0.3 is 0 Å². The molecule has 158 valence electrons. The number of amides is 2. The van der Waals surface area contributed by atoms with Crippen LogP contribution in [0.5, 0.6) is 11.5 Å². The molecule has 2 aromatic carbocycles. The number of ether oxygens (including phenoxy) is 2. The van der Waals surface area contributed by atoms with Crippen LogP contribution in [0.25, 0.3) is 0 Å². The van der Waals surface area contributed by atoms with Gasteiger partial charge in [-0.2, -0.15) is 5.10 Å². The van der Waals surface area contributed by atoms with Gasteiger partial charge in [-0.3, -0.25) is 9.59 Å². The van der Waals surface area contributed by atoms with E-state index in [0.717, 1.165) is 28.9 Å². The Labute approximate surface area is 176 Å². The zero-order valence-electron chi connectivity index (χ0n) is 17.8. The van der Waals surface area contributed by atoms with Gasteiger partial charge in [0.2, 0.25) is 11.8 Å². The normalized spacial score (nSPS) is 16.1. The van der Waals surface area contributed by atoms with E-state index in [2.05, 4.69) is 12.2 Å². The van der Waals surface area contributed by atoms with Gasteiger partial charge in [-0.1, -0.05) is 19.1 Å². The van der Waals surface area contributed by atoms with E-state index in [1.807, 2.05) is 42.5 Å². The number of nitrogens with one attached hydrogen (secondary N) is 1. The first-order chi connectivity index (χ1) is 14.4. The molecular formula is C23H27N3O4. The second-order valence-corrected chi connectivity index (χ2v) is 7.19. The first-order valence-corrected chi connectivity index (χ1v) is 9.93. The van der Waals surface area contributed by atoms with Crippen LogP contribution in [0.1, 0.15) is 37.8 Å². The molecule has 2 aromatic rings. The van der Waals surface area contributed by atoms with Crippen LogP contribution >= 0.6 is 0 Å². The quantitative estimate of drug-likeness (QED) is 0.754. The van der Waals surface area contributed by atoms with Crippen LogP contribution in [0, 0.1) is 5.92 Å². The molecule has 7 nitrogen and oxygen atoms in total. The van der Waals surface area contributed by atoms with Crippen LogP contribution < -0.4 is 14.8 Å². The van der Waals surface area contributed by atoms with Crippen LogP contribution in [-0.2, 0) is 16.1 Å². The fraction of sp³-hybridized carbons (Fsp3) is 0.348. The molecule has 0 spiro atoms. The van der Waals surface area contributed by atoms with Crippen molar-refractivity contribution in [3.8, 4) is 11.5 Å². The van der Waals surface area contributed by atoms with E-state index in [9.17, 15) is 9.59 Å². The van der Waals surface area contributed by atoms with Crippen molar-refractivity contribution in [2.24, 2.45) is 11.0 Å². The topological polar surface area (TPSA) is 80.2 Å². The lowest BCUT2D eigenvalue weighted by atomic mass is 9.89. The molecule has 1 heterocycles. The Hall–Kier alpha value is -3.35. The molecule has 0 saturated carbocycles. The van der Waals surface area contributed by atoms with Crippen molar-refractivity contribution in [1.29, 1.82) is 0 Å². The molecule has 1 unspecified atom stereocenters. The Morgan fingerprint density at radius 3 is 2.43 bits per heavy atom. The summed E-state index contributed by atoms with van der Waals surface area (Å²) in [6.07, 6.45) is 1.23. The predicted molar refractivity (Wildman–Crippen MR) is 116 cm³/mol. The minimum absolute atomic E-state index is 0.00276. The van der Waals surface area contributed by atoms with E-state index in [0.29, 0.717) is 24.5 Å². The maximum atomic E-state index is 12.7. The highest BCUT2D eigenvalue weighted by molar-refractivity contribution is 6.06. The fourth-order valence-corrected chi connectivity index (χ4v) is 3.50. The first-order valence-electron chi connectivity index (χ1n) is 9.93. The number of methoxy groups -OCH3 is 2. The SMILES string of the molecule is CCC1CC(=O)N(Cc2ccc(NC(C)=O)cc2)N=C1c1ccc(OC)c(OC)c1. The summed E-state index contributed by atoms with van der Waals surface area (Å²) in [5.74, 6) is 1.21. The standard InChI is InChI=1S/C23H27N3O4/c1-5-17-13-22(28)26(14-16-6-9-19(10-7-16)24-15(2)27)25-23(17)18-8-11-20(29-3)21(12-18)30-4/h6-12,17H,5,13-14H2,1-4H3,(H,24,27). The molecule has 7 heteroatoms. The van der Waals surface area contributed by atoms with Crippen molar-refractivity contribution in [1.82, 2.24) is 5.01 Å². The summed E-state index contributed by atoms with van der Waals surface area (Å²) in [4.78, 5) is 23.9. The molecule has 1 aliphatic rings. The van der Waals surface area contributed by atoms with Gasteiger partial charge < -0.3 is 14.8 Å². The van der Waals surface area contributed by atoms with Crippen LogP contribution in [0.3, 0.4) is 0 Å². The van der Waals surface area contributed by atoms with E-state index in [4.69, 9.17) is 14.6 Å². The molecule has 30 heavy (non-hydrogen) atoms. The summed E-state index contributed by atoms with van der Waals surface area (Å²) in [6, 6.07) is 13.1. The zero-order valence-corrected chi connectivity index (χ0v) is 17.8. The first kappa shape index (κ1) is 21.4. The summed E-state index contributed by atoms with van der Waals surface area (Å²) in [6.45, 7) is 3.89. The number of carbonyl (C=O) groups is 2. The Bertz CT molecular complexity index is 953. The van der Waals surface area contributed by atoms with E-state index >= 15 is 0 Å². The van der Waals surface area contributed by atoms with Crippen molar-refractivity contribution >= 4 is 23.2 Å². The smallest absolute Gasteiger partial charge is 0.243 e. The molecule has 0 saturated heterocycles. The van der Waals surface area contributed by atoms with Crippen molar-refractivity contribution in [2.45, 2.75) is 33.2 Å². The molecule has 0 aromatic heterocycles. The second-order valence-electron chi connectivity index (χ2n) is 7.19. The summed E-state index contributed by atoms with van der Waals surface area (Å²) in [5, 5.41) is 8.97. The molecule has 1 atom stereocenters. The molecule has 0 aliphatic carbocycles. The van der Waals surface area contributed by atoms with Crippen LogP contribution in [0.2, 0.25) is 0 Å².